The third kappa shape index (κ3) is 2.31. The maximum Gasteiger partial charge on any atom is 0.336 e. The van der Waals surface area contributed by atoms with E-state index in [1.165, 1.54) is 0 Å². The van der Waals surface area contributed by atoms with Crippen molar-refractivity contribution in [2.24, 2.45) is 0 Å². The number of halogens is 4. The molecule has 0 rings (SSSR count). The zero-order chi connectivity index (χ0) is 9.99. The van der Waals surface area contributed by atoms with E-state index >= 15 is 0 Å². The van der Waals surface area contributed by atoms with Crippen molar-refractivity contribution in [3.8, 4) is 0 Å². The van der Waals surface area contributed by atoms with Crippen LogP contribution in [0.25, 0.3) is 0 Å². The van der Waals surface area contributed by atoms with Crippen LogP contribution in [0.2, 0.25) is 0 Å². The molecule has 0 N–H and O–H groups in total. The molecule has 1 unspecified atom stereocenters. The second-order valence-electron chi connectivity index (χ2n) is 1.99. The third-order valence-electron chi connectivity index (χ3n) is 1.14. The molecule has 0 aromatic carbocycles. The molecule has 0 aromatic heterocycles. The highest BCUT2D eigenvalue weighted by molar-refractivity contribution is 7.87. The standard InChI is InChI=1S/C4H6F4O3S/c1-2-4(6,7)3(5)12(9,10)11-8/h3H,2H2,1H3. The first-order valence-electron chi connectivity index (χ1n) is 2.84. The van der Waals surface area contributed by atoms with Crippen LogP contribution in [0.1, 0.15) is 13.3 Å². The van der Waals surface area contributed by atoms with Crippen LogP contribution in [0.5, 0.6) is 0 Å². The first-order valence-corrected chi connectivity index (χ1v) is 4.31. The minimum absolute atomic E-state index is 0.861. The van der Waals surface area contributed by atoms with Crippen LogP contribution in [-0.4, -0.2) is 19.8 Å². The minimum atomic E-state index is -5.45. The van der Waals surface area contributed by atoms with E-state index in [1.54, 1.807) is 0 Å². The third-order valence-corrected chi connectivity index (χ3v) is 2.17. The largest absolute Gasteiger partial charge is 0.336 e. The van der Waals surface area contributed by atoms with Crippen LogP contribution in [0.15, 0.2) is 0 Å². The Bertz CT molecular complexity index is 237. The summed E-state index contributed by atoms with van der Waals surface area (Å²) < 4.78 is 69.9. The van der Waals surface area contributed by atoms with E-state index in [0.717, 1.165) is 6.92 Å². The Hall–Kier alpha value is -0.370. The average Bonchev–Trinajstić information content (AvgIpc) is 2.03. The van der Waals surface area contributed by atoms with Crippen molar-refractivity contribution in [1.29, 1.82) is 0 Å². The molecule has 0 saturated heterocycles. The van der Waals surface area contributed by atoms with Gasteiger partial charge in [-0.2, -0.15) is 8.42 Å². The lowest BCUT2D eigenvalue weighted by Crippen LogP contribution is -2.36. The Morgan fingerprint density at radius 3 is 2.17 bits per heavy atom. The molecule has 3 nitrogen and oxygen atoms in total. The molecular weight excluding hydrogens is 204 g/mol. The van der Waals surface area contributed by atoms with Gasteiger partial charge in [-0.05, 0) is 4.53 Å². The SMILES string of the molecule is CCC(F)(F)C(F)S(=O)(=O)OF. The van der Waals surface area contributed by atoms with Crippen LogP contribution in [0.3, 0.4) is 0 Å². The van der Waals surface area contributed by atoms with Crippen LogP contribution < -0.4 is 0 Å². The lowest BCUT2D eigenvalue weighted by Gasteiger charge is -2.15. The van der Waals surface area contributed by atoms with Gasteiger partial charge in [-0.3, -0.25) is 0 Å². The summed E-state index contributed by atoms with van der Waals surface area (Å²) >= 11 is 0. The van der Waals surface area contributed by atoms with Gasteiger partial charge in [-0.15, -0.1) is 0 Å². The summed E-state index contributed by atoms with van der Waals surface area (Å²) in [6.45, 7) is 0.861. The predicted octanol–water partition coefficient (Wildman–Crippen LogP) is 1.56. The quantitative estimate of drug-likeness (QED) is 0.661. The minimum Gasteiger partial charge on any atom is -0.220 e. The van der Waals surface area contributed by atoms with Crippen LogP contribution >= 0.6 is 0 Å². The van der Waals surface area contributed by atoms with Gasteiger partial charge in [0.2, 0.25) is 0 Å². The topological polar surface area (TPSA) is 43.4 Å². The van der Waals surface area contributed by atoms with Gasteiger partial charge in [0, 0.05) is 6.42 Å². The monoisotopic (exact) mass is 210 g/mol. The van der Waals surface area contributed by atoms with E-state index in [0.29, 0.717) is 0 Å². The van der Waals surface area contributed by atoms with Crippen molar-refractivity contribution in [2.75, 3.05) is 0 Å². The molecule has 1 atom stereocenters. The van der Waals surface area contributed by atoms with Crippen molar-refractivity contribution < 1.29 is 30.5 Å². The van der Waals surface area contributed by atoms with Gasteiger partial charge < -0.3 is 0 Å². The Labute approximate surface area is 66.3 Å². The summed E-state index contributed by atoms with van der Waals surface area (Å²) in [5.74, 6) is -4.13. The van der Waals surface area contributed by atoms with E-state index in [4.69, 9.17) is 0 Å². The second-order valence-corrected chi connectivity index (χ2v) is 3.51. The molecule has 0 bridgehead atoms. The van der Waals surface area contributed by atoms with E-state index in [1.807, 2.05) is 0 Å². The number of hydrogen-bond acceptors (Lipinski definition) is 3. The molecule has 12 heavy (non-hydrogen) atoms. The molecular formula is C4H6F4O3S. The summed E-state index contributed by atoms with van der Waals surface area (Å²) in [7, 11) is -5.45. The van der Waals surface area contributed by atoms with Gasteiger partial charge in [0.25, 0.3) is 11.4 Å². The molecule has 8 heteroatoms. The summed E-state index contributed by atoms with van der Waals surface area (Å²) in [5, 5.41) is 0. The predicted molar refractivity (Wildman–Crippen MR) is 31.2 cm³/mol. The smallest absolute Gasteiger partial charge is 0.220 e. The first-order chi connectivity index (χ1) is 5.28. The number of rotatable bonds is 4. The number of hydrogen-bond donors (Lipinski definition) is 0. The van der Waals surface area contributed by atoms with Crippen molar-refractivity contribution in [3.63, 3.8) is 0 Å². The van der Waals surface area contributed by atoms with Gasteiger partial charge in [0.15, 0.2) is 0 Å². The average molecular weight is 210 g/mol. The van der Waals surface area contributed by atoms with Crippen molar-refractivity contribution in [3.05, 3.63) is 0 Å². The van der Waals surface area contributed by atoms with Gasteiger partial charge >= 0.3 is 10.1 Å². The molecule has 0 aromatic rings. The number of alkyl halides is 3. The molecule has 0 aliphatic heterocycles. The molecule has 0 fully saturated rings. The lowest BCUT2D eigenvalue weighted by atomic mass is 10.3. The highest BCUT2D eigenvalue weighted by Gasteiger charge is 2.48. The molecule has 0 aliphatic rings. The van der Waals surface area contributed by atoms with E-state index in [9.17, 15) is 26.1 Å². The summed E-state index contributed by atoms with van der Waals surface area (Å²) in [6.07, 6.45) is -1.06. The Balaban J connectivity index is 4.72. The maximum absolute atomic E-state index is 12.3. The van der Waals surface area contributed by atoms with E-state index in [2.05, 4.69) is 4.39 Å². The molecule has 0 aliphatic carbocycles. The lowest BCUT2D eigenvalue weighted by molar-refractivity contribution is -0.0625. The Morgan fingerprint density at radius 2 is 1.92 bits per heavy atom. The fourth-order valence-electron chi connectivity index (χ4n) is 0.404. The Morgan fingerprint density at radius 1 is 1.50 bits per heavy atom. The second kappa shape index (κ2) is 3.56. The van der Waals surface area contributed by atoms with Crippen LogP contribution in [-0.2, 0) is 14.5 Å². The van der Waals surface area contributed by atoms with Crippen molar-refractivity contribution in [2.45, 2.75) is 24.8 Å². The molecule has 0 saturated carbocycles. The van der Waals surface area contributed by atoms with E-state index in [-0.39, 0.29) is 0 Å². The summed E-state index contributed by atoms with van der Waals surface area (Å²) in [5.41, 5.74) is -3.67. The molecule has 74 valence electrons. The van der Waals surface area contributed by atoms with Crippen molar-refractivity contribution >= 4 is 10.1 Å². The maximum atomic E-state index is 12.3. The molecule has 0 amide bonds. The highest BCUT2D eigenvalue weighted by atomic mass is 32.2. The fourth-order valence-corrected chi connectivity index (χ4v) is 1.06. The van der Waals surface area contributed by atoms with Crippen LogP contribution in [0.4, 0.5) is 17.7 Å². The molecule has 0 spiro atoms. The van der Waals surface area contributed by atoms with Crippen LogP contribution in [0, 0.1) is 0 Å². The zero-order valence-corrected chi connectivity index (χ0v) is 6.75. The van der Waals surface area contributed by atoms with Crippen molar-refractivity contribution in [1.82, 2.24) is 0 Å². The van der Waals surface area contributed by atoms with Gasteiger partial charge in [0.05, 0.1) is 0 Å². The Kier molecular flexibility index (Phi) is 3.45. The highest BCUT2D eigenvalue weighted by Crippen LogP contribution is 2.29. The van der Waals surface area contributed by atoms with Gasteiger partial charge in [-0.1, -0.05) is 11.3 Å². The summed E-state index contributed by atoms with van der Waals surface area (Å²) in [6, 6.07) is 0. The fraction of sp³-hybridized carbons (Fsp3) is 1.00. The van der Waals surface area contributed by atoms with Gasteiger partial charge in [0.1, 0.15) is 0 Å². The zero-order valence-electron chi connectivity index (χ0n) is 5.93. The first kappa shape index (κ1) is 11.6. The van der Waals surface area contributed by atoms with E-state index < -0.39 is 28.0 Å². The summed E-state index contributed by atoms with van der Waals surface area (Å²) in [4.78, 5) is 0. The van der Waals surface area contributed by atoms with Gasteiger partial charge in [-0.25, -0.2) is 13.2 Å². The molecule has 0 heterocycles. The normalized spacial score (nSPS) is 16.1. The molecule has 0 radical (unpaired) electrons.